The summed E-state index contributed by atoms with van der Waals surface area (Å²) < 4.78 is 13.8. The molecule has 3 aliphatic heterocycles. The van der Waals surface area contributed by atoms with Crippen LogP contribution in [0.15, 0.2) is 48.5 Å². The molecule has 0 unspecified atom stereocenters. The Morgan fingerprint density at radius 1 is 1.07 bits per heavy atom. The van der Waals surface area contributed by atoms with Crippen molar-refractivity contribution in [2.75, 3.05) is 32.7 Å². The number of carbonyl (C=O) groups is 4. The molecule has 5 rings (SSSR count). The normalized spacial score (nSPS) is 25.2. The largest absolute Gasteiger partial charge is 0.497 e. The molecule has 0 radical (unpaired) electrons. The zero-order valence-electron chi connectivity index (χ0n) is 22.3. The van der Waals surface area contributed by atoms with E-state index >= 15 is 0 Å². The smallest absolute Gasteiger partial charge is 0.410 e. The Balaban J connectivity index is 1.61. The summed E-state index contributed by atoms with van der Waals surface area (Å²) in [5.74, 6) is -0.995. The molecule has 2 saturated heterocycles. The number of methoxy groups -OCH3 is 2. The van der Waals surface area contributed by atoms with Gasteiger partial charge in [0.05, 0.1) is 20.3 Å². The van der Waals surface area contributed by atoms with E-state index in [1.54, 1.807) is 30.3 Å². The van der Waals surface area contributed by atoms with Gasteiger partial charge in [0.25, 0.3) is 0 Å². The number of carbonyl (C=O) groups excluding carboxylic acids is 4. The number of nitrogens with zero attached hydrogens (tertiary/aromatic N) is 2. The zero-order valence-corrected chi connectivity index (χ0v) is 24.5. The van der Waals surface area contributed by atoms with Crippen LogP contribution in [0.4, 0.5) is 10.5 Å². The topological polar surface area (TPSA) is 114 Å². The highest BCUT2D eigenvalue weighted by atomic mass is 35.6. The monoisotopic (exact) mass is 623 g/mol. The first-order valence-corrected chi connectivity index (χ1v) is 14.1. The highest BCUT2D eigenvalue weighted by Gasteiger charge is 2.65. The maximum Gasteiger partial charge on any atom is 0.410 e. The Bertz CT molecular complexity index is 1370. The van der Waals surface area contributed by atoms with E-state index in [9.17, 15) is 19.2 Å². The van der Waals surface area contributed by atoms with Gasteiger partial charge < -0.3 is 24.4 Å². The summed E-state index contributed by atoms with van der Waals surface area (Å²) in [4.78, 5) is 57.4. The molecule has 0 aromatic heterocycles. The Labute approximate surface area is 251 Å². The average Bonchev–Trinajstić information content (AvgIpc) is 3.66. The fraction of sp³-hybridized carbons (Fsp3) is 0.429. The summed E-state index contributed by atoms with van der Waals surface area (Å²) in [6.07, 6.45) is -0.00969. The first kappa shape index (κ1) is 29.3. The summed E-state index contributed by atoms with van der Waals surface area (Å²) >= 11 is 17.2. The molecule has 4 atom stereocenters. The third-order valence-electron chi connectivity index (χ3n) is 7.93. The number of fused-ring (bicyclic) bond motifs is 2. The lowest BCUT2D eigenvalue weighted by Gasteiger charge is -2.37. The summed E-state index contributed by atoms with van der Waals surface area (Å²) in [5.41, 5.74) is 0.490. The Kier molecular flexibility index (Phi) is 8.02. The van der Waals surface area contributed by atoms with Crippen LogP contribution >= 0.6 is 34.8 Å². The molecule has 2 aromatic rings. The average molecular weight is 625 g/mol. The maximum absolute atomic E-state index is 14.5. The van der Waals surface area contributed by atoms with Gasteiger partial charge in [-0.25, -0.2) is 9.59 Å². The molecule has 0 saturated carbocycles. The minimum absolute atomic E-state index is 0.0272. The first-order chi connectivity index (χ1) is 19.5. The minimum atomic E-state index is -1.82. The van der Waals surface area contributed by atoms with Gasteiger partial charge in [0.2, 0.25) is 15.6 Å². The van der Waals surface area contributed by atoms with Gasteiger partial charge in [0, 0.05) is 18.3 Å². The SMILES string of the molecule is COC(=O)[C@H]1C[C@]2(C(=O)Nc3cc(OC)ccc32)[C@@H](c2ccccc2)N1C(=O)[C@@H]1CCCN1C(=O)OCC(Cl)(Cl)Cl. The van der Waals surface area contributed by atoms with E-state index in [-0.39, 0.29) is 18.9 Å². The van der Waals surface area contributed by atoms with Crippen molar-refractivity contribution in [3.8, 4) is 5.75 Å². The van der Waals surface area contributed by atoms with E-state index in [2.05, 4.69) is 5.32 Å². The maximum atomic E-state index is 14.5. The molecule has 3 heterocycles. The molecule has 3 aliphatic rings. The highest BCUT2D eigenvalue weighted by molar-refractivity contribution is 6.67. The number of hydrogen-bond donors (Lipinski definition) is 1. The number of esters is 1. The lowest BCUT2D eigenvalue weighted by atomic mass is 9.72. The Morgan fingerprint density at radius 2 is 1.80 bits per heavy atom. The number of hydrogen-bond acceptors (Lipinski definition) is 7. The summed E-state index contributed by atoms with van der Waals surface area (Å²) in [7, 11) is 2.76. The Morgan fingerprint density at radius 3 is 2.46 bits per heavy atom. The van der Waals surface area contributed by atoms with Crippen molar-refractivity contribution in [2.24, 2.45) is 0 Å². The summed E-state index contributed by atoms with van der Waals surface area (Å²) in [6.45, 7) is -0.269. The molecule has 2 aromatic carbocycles. The zero-order chi connectivity index (χ0) is 29.5. The van der Waals surface area contributed by atoms with Gasteiger partial charge in [0.15, 0.2) is 0 Å². The molecule has 41 heavy (non-hydrogen) atoms. The van der Waals surface area contributed by atoms with Gasteiger partial charge in [-0.05, 0) is 36.5 Å². The van der Waals surface area contributed by atoms with Crippen LogP contribution in [-0.2, 0) is 29.3 Å². The van der Waals surface area contributed by atoms with Crippen molar-refractivity contribution < 1.29 is 33.4 Å². The number of halogens is 3. The molecule has 1 spiro atoms. The van der Waals surface area contributed by atoms with Crippen molar-refractivity contribution >= 4 is 64.4 Å². The Hall–Kier alpha value is -3.21. The van der Waals surface area contributed by atoms with Gasteiger partial charge in [-0.1, -0.05) is 71.2 Å². The predicted molar refractivity (Wildman–Crippen MR) is 151 cm³/mol. The van der Waals surface area contributed by atoms with E-state index in [0.717, 1.165) is 0 Å². The molecule has 10 nitrogen and oxygen atoms in total. The molecule has 1 N–H and O–H groups in total. The molecule has 0 bridgehead atoms. The second-order valence-corrected chi connectivity index (χ2v) is 12.7. The summed E-state index contributed by atoms with van der Waals surface area (Å²) in [6, 6.07) is 11.3. The van der Waals surface area contributed by atoms with Crippen LogP contribution in [0.1, 0.15) is 36.4 Å². The number of likely N-dealkylation sites (tertiary alicyclic amines) is 2. The summed E-state index contributed by atoms with van der Waals surface area (Å²) in [5, 5.41) is 2.94. The van der Waals surface area contributed by atoms with Gasteiger partial charge in [-0.2, -0.15) is 0 Å². The fourth-order valence-electron chi connectivity index (χ4n) is 6.24. The van der Waals surface area contributed by atoms with Crippen molar-refractivity contribution in [3.63, 3.8) is 0 Å². The van der Waals surface area contributed by atoms with Gasteiger partial charge in [-0.3, -0.25) is 14.5 Å². The number of benzene rings is 2. The van der Waals surface area contributed by atoms with Gasteiger partial charge in [0.1, 0.15) is 29.9 Å². The third-order valence-corrected chi connectivity index (χ3v) is 8.26. The van der Waals surface area contributed by atoms with Crippen molar-refractivity contribution in [3.05, 3.63) is 59.7 Å². The van der Waals surface area contributed by atoms with Crippen LogP contribution in [0.5, 0.6) is 5.75 Å². The number of ether oxygens (including phenoxy) is 3. The first-order valence-electron chi connectivity index (χ1n) is 13.0. The quantitative estimate of drug-likeness (QED) is 0.388. The van der Waals surface area contributed by atoms with Crippen LogP contribution in [-0.4, -0.2) is 76.9 Å². The lowest BCUT2D eigenvalue weighted by Crippen LogP contribution is -2.53. The second-order valence-electron chi connectivity index (χ2n) is 10.2. The highest BCUT2D eigenvalue weighted by Crippen LogP contribution is 2.57. The third kappa shape index (κ3) is 5.17. The number of amides is 3. The van der Waals surface area contributed by atoms with Crippen molar-refractivity contribution in [2.45, 2.75) is 46.6 Å². The fourth-order valence-corrected chi connectivity index (χ4v) is 6.40. The van der Waals surface area contributed by atoms with Crippen LogP contribution in [0.2, 0.25) is 0 Å². The standard InChI is InChI=1S/C28H28Cl3N3O7/c1-39-17-10-11-18-19(13-17)32-25(37)27(18)14-21(24(36)40-2)34(22(27)16-7-4-3-5-8-16)23(35)20-9-6-12-33(20)26(38)41-15-28(29,30)31/h3-5,7-8,10-11,13,20-22H,6,9,12,14-15H2,1-2H3,(H,32,37)/t20-,21+,22+,27+/m0/s1. The molecule has 3 amide bonds. The van der Waals surface area contributed by atoms with Crippen LogP contribution < -0.4 is 10.1 Å². The number of rotatable bonds is 5. The van der Waals surface area contributed by atoms with Gasteiger partial charge in [-0.15, -0.1) is 0 Å². The number of anilines is 1. The molecule has 2 fully saturated rings. The second kappa shape index (κ2) is 11.2. The van der Waals surface area contributed by atoms with Crippen LogP contribution in [0.25, 0.3) is 0 Å². The van der Waals surface area contributed by atoms with E-state index in [1.165, 1.54) is 24.0 Å². The van der Waals surface area contributed by atoms with Crippen molar-refractivity contribution in [1.29, 1.82) is 0 Å². The predicted octanol–water partition coefficient (Wildman–Crippen LogP) is 4.37. The van der Waals surface area contributed by atoms with E-state index < -0.39 is 51.9 Å². The van der Waals surface area contributed by atoms with Crippen LogP contribution in [0, 0.1) is 0 Å². The molecular weight excluding hydrogens is 597 g/mol. The van der Waals surface area contributed by atoms with Crippen molar-refractivity contribution in [1.82, 2.24) is 9.80 Å². The number of nitrogens with one attached hydrogen (secondary N) is 1. The molecule has 218 valence electrons. The van der Waals surface area contributed by atoms with E-state index in [0.29, 0.717) is 35.4 Å². The molecule has 13 heteroatoms. The van der Waals surface area contributed by atoms with E-state index in [1.807, 2.05) is 18.2 Å². The van der Waals surface area contributed by atoms with Crippen LogP contribution in [0.3, 0.4) is 0 Å². The lowest BCUT2D eigenvalue weighted by molar-refractivity contribution is -0.154. The van der Waals surface area contributed by atoms with E-state index in [4.69, 9.17) is 49.0 Å². The molecule has 0 aliphatic carbocycles. The molecular formula is C28H28Cl3N3O7. The van der Waals surface area contributed by atoms with Gasteiger partial charge >= 0.3 is 12.1 Å². The minimum Gasteiger partial charge on any atom is -0.497 e. The number of alkyl halides is 3.